The first kappa shape index (κ1) is 19.0. The van der Waals surface area contributed by atoms with E-state index in [-0.39, 0.29) is 17.5 Å². The largest absolute Gasteiger partial charge is 0.433 e. The van der Waals surface area contributed by atoms with Crippen LogP contribution in [0, 0.1) is 0 Å². The van der Waals surface area contributed by atoms with Crippen LogP contribution in [0.1, 0.15) is 49.2 Å². The first-order valence-corrected chi connectivity index (χ1v) is 7.91. The van der Waals surface area contributed by atoms with E-state index in [1.54, 1.807) is 0 Å². The molecule has 2 aromatic rings. The van der Waals surface area contributed by atoms with Crippen LogP contribution in [-0.2, 0) is 22.8 Å². The second-order valence-electron chi connectivity index (χ2n) is 7.05. The molecule has 0 fully saturated rings. The molecule has 0 saturated heterocycles. The first-order chi connectivity index (χ1) is 11.5. The number of primary amides is 1. The number of hydrogen-bond donors (Lipinski definition) is 1. The van der Waals surface area contributed by atoms with E-state index in [2.05, 4.69) is 25.8 Å². The smallest absolute Gasteiger partial charge is 0.369 e. The highest BCUT2D eigenvalue weighted by molar-refractivity contribution is 5.81. The van der Waals surface area contributed by atoms with Crippen LogP contribution >= 0.6 is 0 Å². The molecule has 0 bridgehead atoms. The van der Waals surface area contributed by atoms with Crippen LogP contribution in [-0.4, -0.2) is 10.9 Å². The summed E-state index contributed by atoms with van der Waals surface area (Å²) in [4.78, 5) is 15.4. The molecular formula is C19H21F3N2O. The Bertz CT molecular complexity index is 746. The number of hydrogen-bond acceptors (Lipinski definition) is 2. The molecule has 0 aliphatic heterocycles. The third kappa shape index (κ3) is 4.81. The molecule has 1 aromatic carbocycles. The molecule has 2 N–H and O–H groups in total. The number of nitrogens with zero attached hydrogens (tertiary/aromatic N) is 1. The summed E-state index contributed by atoms with van der Waals surface area (Å²) in [7, 11) is 0. The zero-order chi connectivity index (χ0) is 18.8. The lowest BCUT2D eigenvalue weighted by atomic mass is 9.85. The molecule has 25 heavy (non-hydrogen) atoms. The molecule has 0 radical (unpaired) electrons. The van der Waals surface area contributed by atoms with Crippen molar-refractivity contribution in [1.29, 1.82) is 0 Å². The number of aromatic nitrogens is 1. The summed E-state index contributed by atoms with van der Waals surface area (Å²) >= 11 is 0. The normalized spacial score (nSPS) is 13.5. The van der Waals surface area contributed by atoms with Gasteiger partial charge in [-0.3, -0.25) is 4.79 Å². The van der Waals surface area contributed by atoms with Crippen molar-refractivity contribution < 1.29 is 18.0 Å². The molecule has 1 aromatic heterocycles. The second-order valence-corrected chi connectivity index (χ2v) is 7.05. The zero-order valence-corrected chi connectivity index (χ0v) is 14.4. The van der Waals surface area contributed by atoms with Crippen LogP contribution in [0.2, 0.25) is 0 Å². The molecule has 3 nitrogen and oxygen atoms in total. The highest BCUT2D eigenvalue weighted by Crippen LogP contribution is 2.29. The number of carbonyl (C=O) groups is 1. The van der Waals surface area contributed by atoms with Crippen molar-refractivity contribution in [2.45, 2.75) is 44.7 Å². The van der Waals surface area contributed by atoms with E-state index < -0.39 is 23.7 Å². The standard InChI is InChI=1S/C19H21F3N2O/c1-18(2,3)13-9-7-12(8-10-13)11-14(17(23)25)15-5-4-6-16(24-15)19(20,21)22/h4-10,14H,11H2,1-3H3,(H2,23,25). The molecule has 1 atom stereocenters. The van der Waals surface area contributed by atoms with Crippen molar-refractivity contribution in [2.24, 2.45) is 5.73 Å². The van der Waals surface area contributed by atoms with Gasteiger partial charge < -0.3 is 5.73 Å². The van der Waals surface area contributed by atoms with Crippen LogP contribution in [0.4, 0.5) is 13.2 Å². The minimum Gasteiger partial charge on any atom is -0.369 e. The fraction of sp³-hybridized carbons (Fsp3) is 0.368. The number of pyridine rings is 1. The number of benzene rings is 1. The minimum absolute atomic E-state index is 0.00971. The minimum atomic E-state index is -4.56. The van der Waals surface area contributed by atoms with Crippen molar-refractivity contribution in [1.82, 2.24) is 4.98 Å². The number of carbonyl (C=O) groups excluding carboxylic acids is 1. The third-order valence-corrected chi connectivity index (χ3v) is 4.02. The van der Waals surface area contributed by atoms with Crippen molar-refractivity contribution in [3.8, 4) is 0 Å². The second kappa shape index (κ2) is 6.86. The van der Waals surface area contributed by atoms with Crippen molar-refractivity contribution in [2.75, 3.05) is 0 Å². The summed E-state index contributed by atoms with van der Waals surface area (Å²) in [6, 6.07) is 11.1. The van der Waals surface area contributed by atoms with Gasteiger partial charge in [0, 0.05) is 0 Å². The van der Waals surface area contributed by atoms with Crippen LogP contribution in [0.5, 0.6) is 0 Å². The molecule has 0 spiro atoms. The average Bonchev–Trinajstić information content (AvgIpc) is 2.51. The Morgan fingerprint density at radius 1 is 1.08 bits per heavy atom. The SMILES string of the molecule is CC(C)(C)c1ccc(CC(C(N)=O)c2cccc(C(F)(F)F)n2)cc1. The summed E-state index contributed by atoms with van der Waals surface area (Å²) in [5.41, 5.74) is 6.35. The quantitative estimate of drug-likeness (QED) is 0.898. The van der Waals surface area contributed by atoms with Gasteiger partial charge in [-0.2, -0.15) is 13.2 Å². The van der Waals surface area contributed by atoms with Gasteiger partial charge in [-0.15, -0.1) is 0 Å². The lowest BCUT2D eigenvalue weighted by molar-refractivity contribution is -0.141. The molecule has 0 aliphatic carbocycles. The molecule has 0 saturated carbocycles. The monoisotopic (exact) mass is 350 g/mol. The van der Waals surface area contributed by atoms with Gasteiger partial charge in [0.25, 0.3) is 0 Å². The highest BCUT2D eigenvalue weighted by atomic mass is 19.4. The van der Waals surface area contributed by atoms with Crippen LogP contribution < -0.4 is 5.73 Å². The Labute approximate surface area is 145 Å². The number of rotatable bonds is 4. The summed E-state index contributed by atoms with van der Waals surface area (Å²) in [6.45, 7) is 6.25. The Hall–Kier alpha value is -2.37. The van der Waals surface area contributed by atoms with Gasteiger partial charge in [-0.25, -0.2) is 4.98 Å². The molecular weight excluding hydrogens is 329 g/mol. The number of nitrogens with two attached hydrogens (primary N) is 1. The predicted octanol–water partition coefficient (Wildman–Crippen LogP) is 4.21. The molecule has 1 unspecified atom stereocenters. The fourth-order valence-electron chi connectivity index (χ4n) is 2.53. The maximum atomic E-state index is 12.8. The maximum absolute atomic E-state index is 12.8. The molecule has 6 heteroatoms. The van der Waals surface area contributed by atoms with Gasteiger partial charge >= 0.3 is 6.18 Å². The van der Waals surface area contributed by atoms with Gasteiger partial charge in [-0.05, 0) is 35.1 Å². The van der Waals surface area contributed by atoms with Crippen molar-refractivity contribution >= 4 is 5.91 Å². The van der Waals surface area contributed by atoms with Gasteiger partial charge in [0.15, 0.2) is 0 Å². The number of alkyl halides is 3. The lowest BCUT2D eigenvalue weighted by Gasteiger charge is -2.20. The van der Waals surface area contributed by atoms with E-state index in [1.165, 1.54) is 12.1 Å². The molecule has 1 amide bonds. The van der Waals surface area contributed by atoms with E-state index in [0.717, 1.165) is 17.2 Å². The summed E-state index contributed by atoms with van der Waals surface area (Å²) < 4.78 is 38.5. The van der Waals surface area contributed by atoms with Gasteiger partial charge in [0.05, 0.1) is 11.6 Å². The molecule has 2 rings (SSSR count). The zero-order valence-electron chi connectivity index (χ0n) is 14.4. The molecule has 134 valence electrons. The molecule has 1 heterocycles. The summed E-state index contributed by atoms with van der Waals surface area (Å²) in [5, 5.41) is 0. The van der Waals surface area contributed by atoms with Crippen molar-refractivity contribution in [3.05, 3.63) is 65.0 Å². The van der Waals surface area contributed by atoms with Gasteiger partial charge in [0.1, 0.15) is 5.69 Å². The third-order valence-electron chi connectivity index (χ3n) is 4.02. The Kier molecular flexibility index (Phi) is 5.20. The predicted molar refractivity (Wildman–Crippen MR) is 90.0 cm³/mol. The van der Waals surface area contributed by atoms with E-state index >= 15 is 0 Å². The van der Waals surface area contributed by atoms with Gasteiger partial charge in [-0.1, -0.05) is 51.1 Å². The summed E-state index contributed by atoms with van der Waals surface area (Å²) in [5.74, 6) is -1.62. The van der Waals surface area contributed by atoms with Crippen LogP contribution in [0.25, 0.3) is 0 Å². The Balaban J connectivity index is 2.29. The lowest BCUT2D eigenvalue weighted by Crippen LogP contribution is -2.25. The van der Waals surface area contributed by atoms with Crippen molar-refractivity contribution in [3.63, 3.8) is 0 Å². The average molecular weight is 350 g/mol. The van der Waals surface area contributed by atoms with E-state index in [1.807, 2.05) is 24.3 Å². The van der Waals surface area contributed by atoms with Gasteiger partial charge in [0.2, 0.25) is 5.91 Å². The Morgan fingerprint density at radius 3 is 2.16 bits per heavy atom. The first-order valence-electron chi connectivity index (χ1n) is 7.91. The maximum Gasteiger partial charge on any atom is 0.433 e. The summed E-state index contributed by atoms with van der Waals surface area (Å²) in [6.07, 6.45) is -4.36. The fourth-order valence-corrected chi connectivity index (χ4v) is 2.53. The van der Waals surface area contributed by atoms with E-state index in [9.17, 15) is 18.0 Å². The highest BCUT2D eigenvalue weighted by Gasteiger charge is 2.33. The number of halogens is 3. The van der Waals surface area contributed by atoms with Crippen LogP contribution in [0.3, 0.4) is 0 Å². The van der Waals surface area contributed by atoms with Crippen LogP contribution in [0.15, 0.2) is 42.5 Å². The van der Waals surface area contributed by atoms with E-state index in [0.29, 0.717) is 0 Å². The Morgan fingerprint density at radius 2 is 1.68 bits per heavy atom. The molecule has 0 aliphatic rings. The van der Waals surface area contributed by atoms with E-state index in [4.69, 9.17) is 5.73 Å². The number of amides is 1. The topological polar surface area (TPSA) is 56.0 Å².